The van der Waals surface area contributed by atoms with Crippen molar-refractivity contribution in [3.63, 3.8) is 0 Å². The molecule has 2 aliphatic rings. The summed E-state index contributed by atoms with van der Waals surface area (Å²) in [6, 6.07) is 8.25. The molecule has 2 amide bonds. The molecule has 0 spiro atoms. The first-order valence-electron chi connectivity index (χ1n) is 8.65. The summed E-state index contributed by atoms with van der Waals surface area (Å²) in [7, 11) is 0. The van der Waals surface area contributed by atoms with Gasteiger partial charge in [0.05, 0.1) is 12.6 Å². The molecule has 1 saturated heterocycles. The molecular weight excluding hydrogens is 308 g/mol. The molecule has 1 aliphatic carbocycles. The fourth-order valence-electron chi connectivity index (χ4n) is 3.46. The molecule has 2 atom stereocenters. The molecule has 6 nitrogen and oxygen atoms in total. The van der Waals surface area contributed by atoms with Crippen LogP contribution >= 0.6 is 0 Å². The van der Waals surface area contributed by atoms with Crippen molar-refractivity contribution in [1.82, 2.24) is 10.2 Å². The summed E-state index contributed by atoms with van der Waals surface area (Å²) in [6.45, 7) is 0.119. The highest BCUT2D eigenvalue weighted by molar-refractivity contribution is 5.87. The van der Waals surface area contributed by atoms with Gasteiger partial charge in [-0.15, -0.1) is 0 Å². The van der Waals surface area contributed by atoms with Gasteiger partial charge in [0.25, 0.3) is 0 Å². The minimum atomic E-state index is -0.699. The molecule has 1 saturated carbocycles. The van der Waals surface area contributed by atoms with E-state index < -0.39 is 18.2 Å². The summed E-state index contributed by atoms with van der Waals surface area (Å²) < 4.78 is 5.31. The Balaban J connectivity index is 1.62. The SMILES string of the molecule is O=C(NC1CCCCC1)[C@@H]1C[C@@H](O)CN1C(=O)Oc1ccccc1. The second-order valence-electron chi connectivity index (χ2n) is 6.58. The van der Waals surface area contributed by atoms with Crippen molar-refractivity contribution in [2.75, 3.05) is 6.54 Å². The Kier molecular flexibility index (Phi) is 5.35. The number of aliphatic hydroxyl groups is 1. The summed E-state index contributed by atoms with van der Waals surface area (Å²) in [4.78, 5) is 26.3. The van der Waals surface area contributed by atoms with E-state index in [1.54, 1.807) is 24.3 Å². The van der Waals surface area contributed by atoms with Gasteiger partial charge in [-0.25, -0.2) is 4.79 Å². The van der Waals surface area contributed by atoms with Crippen molar-refractivity contribution in [2.45, 2.75) is 56.7 Å². The first kappa shape index (κ1) is 16.8. The van der Waals surface area contributed by atoms with Gasteiger partial charge in [0.1, 0.15) is 11.8 Å². The average molecular weight is 332 g/mol. The second-order valence-corrected chi connectivity index (χ2v) is 6.58. The Morgan fingerprint density at radius 1 is 1.12 bits per heavy atom. The lowest BCUT2D eigenvalue weighted by Gasteiger charge is -2.27. The summed E-state index contributed by atoms with van der Waals surface area (Å²) in [5, 5.41) is 12.9. The topological polar surface area (TPSA) is 78.9 Å². The van der Waals surface area contributed by atoms with Crippen LogP contribution in [0.5, 0.6) is 5.75 Å². The number of amides is 2. The number of ether oxygens (including phenoxy) is 1. The zero-order valence-corrected chi connectivity index (χ0v) is 13.7. The van der Waals surface area contributed by atoms with E-state index in [0.29, 0.717) is 5.75 Å². The van der Waals surface area contributed by atoms with Crippen LogP contribution in [0.25, 0.3) is 0 Å². The molecule has 0 unspecified atom stereocenters. The van der Waals surface area contributed by atoms with Crippen LogP contribution in [-0.4, -0.2) is 46.7 Å². The maximum absolute atomic E-state index is 12.6. The number of nitrogens with one attached hydrogen (secondary N) is 1. The third-order valence-electron chi connectivity index (χ3n) is 4.72. The summed E-state index contributed by atoms with van der Waals surface area (Å²) in [5.74, 6) is 0.235. The Labute approximate surface area is 141 Å². The largest absolute Gasteiger partial charge is 0.416 e. The van der Waals surface area contributed by atoms with Crippen molar-refractivity contribution in [2.24, 2.45) is 0 Å². The smallest absolute Gasteiger partial charge is 0.410 e. The third kappa shape index (κ3) is 4.06. The van der Waals surface area contributed by atoms with Gasteiger partial charge in [0, 0.05) is 12.5 Å². The first-order valence-corrected chi connectivity index (χ1v) is 8.65. The zero-order chi connectivity index (χ0) is 16.9. The number of carbonyl (C=O) groups excluding carboxylic acids is 2. The molecule has 1 aromatic rings. The first-order chi connectivity index (χ1) is 11.6. The fourth-order valence-corrected chi connectivity index (χ4v) is 3.46. The van der Waals surface area contributed by atoms with Crippen LogP contribution < -0.4 is 10.1 Å². The van der Waals surface area contributed by atoms with Gasteiger partial charge >= 0.3 is 6.09 Å². The molecule has 1 heterocycles. The van der Waals surface area contributed by atoms with Gasteiger partial charge < -0.3 is 15.2 Å². The predicted octanol–water partition coefficient (Wildman–Crippen LogP) is 2.07. The Hall–Kier alpha value is -2.08. The van der Waals surface area contributed by atoms with Crippen LogP contribution in [0, 0.1) is 0 Å². The minimum Gasteiger partial charge on any atom is -0.410 e. The highest BCUT2D eigenvalue weighted by Crippen LogP contribution is 2.22. The van der Waals surface area contributed by atoms with E-state index in [0.717, 1.165) is 25.7 Å². The van der Waals surface area contributed by atoms with E-state index >= 15 is 0 Å². The van der Waals surface area contributed by atoms with Crippen LogP contribution in [0.1, 0.15) is 38.5 Å². The molecule has 1 aromatic carbocycles. The van der Waals surface area contributed by atoms with Gasteiger partial charge in [0.15, 0.2) is 0 Å². The van der Waals surface area contributed by atoms with Crippen LogP contribution in [0.3, 0.4) is 0 Å². The number of benzene rings is 1. The molecular formula is C18H24N2O4. The fraction of sp³-hybridized carbons (Fsp3) is 0.556. The molecule has 2 fully saturated rings. The lowest BCUT2D eigenvalue weighted by molar-refractivity contribution is -0.125. The second kappa shape index (κ2) is 7.66. The average Bonchev–Trinajstić information content (AvgIpc) is 2.99. The van der Waals surface area contributed by atoms with E-state index in [-0.39, 0.29) is 24.9 Å². The van der Waals surface area contributed by atoms with E-state index in [1.807, 2.05) is 6.07 Å². The Morgan fingerprint density at radius 2 is 1.83 bits per heavy atom. The Bertz CT molecular complexity index is 572. The maximum Gasteiger partial charge on any atom is 0.416 e. The van der Waals surface area contributed by atoms with E-state index in [1.165, 1.54) is 11.3 Å². The quantitative estimate of drug-likeness (QED) is 0.888. The third-order valence-corrected chi connectivity index (χ3v) is 4.72. The number of β-amino-alcohol motifs (C(OH)–C–C–N with tert-alkyl or cyclic N) is 1. The number of rotatable bonds is 3. The van der Waals surface area contributed by atoms with Gasteiger partial charge in [0.2, 0.25) is 5.91 Å². The molecule has 6 heteroatoms. The van der Waals surface area contributed by atoms with Crippen LogP contribution in [0.2, 0.25) is 0 Å². The van der Waals surface area contributed by atoms with Gasteiger partial charge in [-0.1, -0.05) is 37.5 Å². The monoisotopic (exact) mass is 332 g/mol. The number of nitrogens with zero attached hydrogens (tertiary/aromatic N) is 1. The normalized spacial score (nSPS) is 24.6. The number of carbonyl (C=O) groups is 2. The number of likely N-dealkylation sites (tertiary alicyclic amines) is 1. The molecule has 0 aromatic heterocycles. The lowest BCUT2D eigenvalue weighted by atomic mass is 9.95. The van der Waals surface area contributed by atoms with E-state index in [2.05, 4.69) is 5.32 Å². The number of para-hydroxylation sites is 1. The minimum absolute atomic E-state index is 0.119. The molecule has 130 valence electrons. The van der Waals surface area contributed by atoms with Crippen molar-refractivity contribution in [3.8, 4) is 5.75 Å². The van der Waals surface area contributed by atoms with Gasteiger partial charge in [-0.2, -0.15) is 0 Å². The molecule has 3 rings (SSSR count). The van der Waals surface area contributed by atoms with Crippen molar-refractivity contribution in [1.29, 1.82) is 0 Å². The molecule has 24 heavy (non-hydrogen) atoms. The van der Waals surface area contributed by atoms with Crippen molar-refractivity contribution in [3.05, 3.63) is 30.3 Å². The molecule has 0 radical (unpaired) electrons. The molecule has 1 aliphatic heterocycles. The lowest BCUT2D eigenvalue weighted by Crippen LogP contribution is -2.49. The highest BCUT2D eigenvalue weighted by atomic mass is 16.6. The maximum atomic E-state index is 12.6. The zero-order valence-electron chi connectivity index (χ0n) is 13.7. The summed E-state index contributed by atoms with van der Waals surface area (Å²) >= 11 is 0. The van der Waals surface area contributed by atoms with Crippen molar-refractivity contribution >= 4 is 12.0 Å². The van der Waals surface area contributed by atoms with Gasteiger partial charge in [-0.05, 0) is 25.0 Å². The standard InChI is InChI=1S/C18H24N2O4/c21-14-11-16(17(22)19-13-7-3-1-4-8-13)20(12-14)18(23)24-15-9-5-2-6-10-15/h2,5-6,9-10,13-14,16,21H,1,3-4,7-8,11-12H2,(H,19,22)/t14-,16+/m1/s1. The number of hydrogen-bond acceptors (Lipinski definition) is 4. The van der Waals surface area contributed by atoms with E-state index in [4.69, 9.17) is 4.74 Å². The Morgan fingerprint density at radius 3 is 2.54 bits per heavy atom. The number of aliphatic hydroxyl groups excluding tert-OH is 1. The number of hydrogen-bond donors (Lipinski definition) is 2. The van der Waals surface area contributed by atoms with Crippen LogP contribution in [0.4, 0.5) is 4.79 Å². The predicted molar refractivity (Wildman–Crippen MR) is 88.6 cm³/mol. The summed E-state index contributed by atoms with van der Waals surface area (Å²) in [5.41, 5.74) is 0. The summed E-state index contributed by atoms with van der Waals surface area (Å²) in [6.07, 6.45) is 4.38. The van der Waals surface area contributed by atoms with Crippen LogP contribution in [-0.2, 0) is 4.79 Å². The van der Waals surface area contributed by atoms with Crippen LogP contribution in [0.15, 0.2) is 30.3 Å². The van der Waals surface area contributed by atoms with Crippen molar-refractivity contribution < 1.29 is 19.4 Å². The highest BCUT2D eigenvalue weighted by Gasteiger charge is 2.40. The molecule has 0 bridgehead atoms. The molecule has 2 N–H and O–H groups in total. The van der Waals surface area contributed by atoms with Gasteiger partial charge in [-0.3, -0.25) is 9.69 Å². The van der Waals surface area contributed by atoms with E-state index in [9.17, 15) is 14.7 Å².